The van der Waals surface area contributed by atoms with E-state index in [9.17, 15) is 0 Å². The maximum atomic E-state index is 6.73. The van der Waals surface area contributed by atoms with Crippen LogP contribution in [0.1, 0.15) is 49.1 Å². The van der Waals surface area contributed by atoms with Crippen LogP contribution in [-0.2, 0) is 0 Å². The number of alkyl halides is 1. The second kappa shape index (κ2) is 4.89. The lowest BCUT2D eigenvalue weighted by atomic mass is 9.81. The van der Waals surface area contributed by atoms with Crippen LogP contribution >= 0.6 is 11.6 Å². The van der Waals surface area contributed by atoms with Gasteiger partial charge in [-0.3, -0.25) is 0 Å². The molecule has 1 unspecified atom stereocenters. The molecule has 1 nitrogen and oxygen atoms in total. The van der Waals surface area contributed by atoms with Gasteiger partial charge in [0.05, 0.1) is 12.5 Å². The molecule has 1 aromatic carbocycles. The predicted octanol–water partition coefficient (Wildman–Crippen LogP) is 4.86. The van der Waals surface area contributed by atoms with Gasteiger partial charge in [0.25, 0.3) is 0 Å². The van der Waals surface area contributed by atoms with Crippen molar-refractivity contribution in [2.75, 3.05) is 7.11 Å². The fourth-order valence-corrected chi connectivity index (χ4v) is 3.25. The Balaban J connectivity index is 2.35. The van der Waals surface area contributed by atoms with Gasteiger partial charge in [-0.05, 0) is 31.2 Å². The summed E-state index contributed by atoms with van der Waals surface area (Å²) in [6.45, 7) is 4.41. The Morgan fingerprint density at radius 1 is 1.29 bits per heavy atom. The summed E-state index contributed by atoms with van der Waals surface area (Å²) < 4.78 is 5.44. The molecule has 0 spiro atoms. The molecule has 1 aliphatic carbocycles. The van der Waals surface area contributed by atoms with Crippen molar-refractivity contribution >= 4 is 11.6 Å². The highest BCUT2D eigenvalue weighted by Gasteiger charge is 2.37. The SMILES string of the molecule is COc1ccc(C)cc1C(Cl)C1(C)CCCC1. The van der Waals surface area contributed by atoms with Crippen LogP contribution in [0.2, 0.25) is 0 Å². The zero-order valence-electron chi connectivity index (χ0n) is 10.9. The van der Waals surface area contributed by atoms with Gasteiger partial charge in [0.2, 0.25) is 0 Å². The van der Waals surface area contributed by atoms with Gasteiger partial charge in [-0.25, -0.2) is 0 Å². The molecule has 1 fully saturated rings. The zero-order valence-corrected chi connectivity index (χ0v) is 11.7. The van der Waals surface area contributed by atoms with Gasteiger partial charge in [-0.2, -0.15) is 0 Å². The van der Waals surface area contributed by atoms with Gasteiger partial charge in [-0.1, -0.05) is 37.5 Å². The lowest BCUT2D eigenvalue weighted by molar-refractivity contribution is 0.313. The molecule has 0 heterocycles. The monoisotopic (exact) mass is 252 g/mol. The van der Waals surface area contributed by atoms with Crippen LogP contribution in [0.15, 0.2) is 18.2 Å². The highest BCUT2D eigenvalue weighted by atomic mass is 35.5. The standard InChI is InChI=1S/C15H21ClO/c1-11-6-7-13(17-3)12(10-11)14(16)15(2)8-4-5-9-15/h6-7,10,14H,4-5,8-9H2,1-3H3. The number of aryl methyl sites for hydroxylation is 1. The van der Waals surface area contributed by atoms with E-state index < -0.39 is 0 Å². The molecule has 0 N–H and O–H groups in total. The highest BCUT2D eigenvalue weighted by Crippen LogP contribution is 2.52. The maximum Gasteiger partial charge on any atom is 0.123 e. The van der Waals surface area contributed by atoms with E-state index in [4.69, 9.17) is 16.3 Å². The molecular formula is C15H21ClO. The van der Waals surface area contributed by atoms with E-state index in [0.717, 1.165) is 11.3 Å². The van der Waals surface area contributed by atoms with E-state index in [2.05, 4.69) is 26.0 Å². The molecular weight excluding hydrogens is 232 g/mol. The summed E-state index contributed by atoms with van der Waals surface area (Å²) in [6.07, 6.45) is 5.04. The Kier molecular flexibility index (Phi) is 3.67. The van der Waals surface area contributed by atoms with Crippen LogP contribution in [0.4, 0.5) is 0 Å². The summed E-state index contributed by atoms with van der Waals surface area (Å²) in [6, 6.07) is 6.27. The third-order valence-electron chi connectivity index (χ3n) is 4.02. The van der Waals surface area contributed by atoms with Crippen molar-refractivity contribution in [3.8, 4) is 5.75 Å². The van der Waals surface area contributed by atoms with Gasteiger partial charge >= 0.3 is 0 Å². The second-order valence-corrected chi connectivity index (χ2v) is 5.91. The van der Waals surface area contributed by atoms with Gasteiger partial charge in [0.1, 0.15) is 5.75 Å². The van der Waals surface area contributed by atoms with Gasteiger partial charge < -0.3 is 4.74 Å². The van der Waals surface area contributed by atoms with Gasteiger partial charge in [0, 0.05) is 5.56 Å². The van der Waals surface area contributed by atoms with Gasteiger partial charge in [-0.15, -0.1) is 11.6 Å². The summed E-state index contributed by atoms with van der Waals surface area (Å²) in [5.41, 5.74) is 2.62. The largest absolute Gasteiger partial charge is 0.496 e. The topological polar surface area (TPSA) is 9.23 Å². The average molecular weight is 253 g/mol. The van der Waals surface area contributed by atoms with Crippen molar-refractivity contribution < 1.29 is 4.74 Å². The molecule has 0 aromatic heterocycles. The van der Waals surface area contributed by atoms with E-state index in [1.165, 1.54) is 31.2 Å². The average Bonchev–Trinajstić information content (AvgIpc) is 2.76. The number of ether oxygens (including phenoxy) is 1. The minimum atomic E-state index is 0.0554. The van der Waals surface area contributed by atoms with Crippen molar-refractivity contribution in [1.29, 1.82) is 0 Å². The van der Waals surface area contributed by atoms with Crippen LogP contribution in [0, 0.1) is 12.3 Å². The van der Waals surface area contributed by atoms with Crippen molar-refractivity contribution in [2.24, 2.45) is 5.41 Å². The molecule has 0 radical (unpaired) electrons. The van der Waals surface area contributed by atoms with E-state index in [1.54, 1.807) is 7.11 Å². The molecule has 1 atom stereocenters. The third-order valence-corrected chi connectivity index (χ3v) is 4.78. The molecule has 2 heteroatoms. The first-order valence-corrected chi connectivity index (χ1v) is 6.79. The molecule has 94 valence electrons. The maximum absolute atomic E-state index is 6.73. The summed E-state index contributed by atoms with van der Waals surface area (Å²) in [5.74, 6) is 0.920. The second-order valence-electron chi connectivity index (χ2n) is 5.47. The number of benzene rings is 1. The van der Waals surface area contributed by atoms with Crippen molar-refractivity contribution in [2.45, 2.75) is 44.9 Å². The van der Waals surface area contributed by atoms with E-state index in [1.807, 2.05) is 6.07 Å². The van der Waals surface area contributed by atoms with Crippen LogP contribution in [-0.4, -0.2) is 7.11 Å². The normalized spacial score (nSPS) is 20.2. The molecule has 1 aliphatic rings. The number of methoxy groups -OCH3 is 1. The minimum Gasteiger partial charge on any atom is -0.496 e. The fraction of sp³-hybridized carbons (Fsp3) is 0.600. The van der Waals surface area contributed by atoms with Gasteiger partial charge in [0.15, 0.2) is 0 Å². The smallest absolute Gasteiger partial charge is 0.123 e. The molecule has 1 saturated carbocycles. The summed E-state index contributed by atoms with van der Waals surface area (Å²) in [7, 11) is 1.72. The Morgan fingerprint density at radius 2 is 1.94 bits per heavy atom. The predicted molar refractivity (Wildman–Crippen MR) is 72.9 cm³/mol. The number of rotatable bonds is 3. The first-order chi connectivity index (χ1) is 8.07. The lowest BCUT2D eigenvalue weighted by Gasteiger charge is -2.30. The molecule has 17 heavy (non-hydrogen) atoms. The highest BCUT2D eigenvalue weighted by molar-refractivity contribution is 6.21. The number of halogens is 1. The minimum absolute atomic E-state index is 0.0554. The first-order valence-electron chi connectivity index (χ1n) is 6.35. The summed E-state index contributed by atoms with van der Waals surface area (Å²) in [4.78, 5) is 0. The Hall–Kier alpha value is -0.690. The van der Waals surface area contributed by atoms with Crippen LogP contribution < -0.4 is 4.74 Å². The molecule has 0 aliphatic heterocycles. The molecule has 2 rings (SSSR count). The summed E-state index contributed by atoms with van der Waals surface area (Å²) in [5, 5.41) is 0.0554. The van der Waals surface area contributed by atoms with Crippen molar-refractivity contribution in [1.82, 2.24) is 0 Å². The molecule has 0 bridgehead atoms. The Morgan fingerprint density at radius 3 is 2.53 bits per heavy atom. The van der Waals surface area contributed by atoms with E-state index in [0.29, 0.717) is 0 Å². The molecule has 0 saturated heterocycles. The fourth-order valence-electron chi connectivity index (χ4n) is 2.86. The lowest BCUT2D eigenvalue weighted by Crippen LogP contribution is -2.18. The van der Waals surface area contributed by atoms with Crippen molar-refractivity contribution in [3.05, 3.63) is 29.3 Å². The van der Waals surface area contributed by atoms with Crippen LogP contribution in [0.3, 0.4) is 0 Å². The van der Waals surface area contributed by atoms with Crippen LogP contribution in [0.25, 0.3) is 0 Å². The Bertz CT molecular complexity index is 394. The van der Waals surface area contributed by atoms with Crippen LogP contribution in [0.5, 0.6) is 5.75 Å². The number of hydrogen-bond acceptors (Lipinski definition) is 1. The number of hydrogen-bond donors (Lipinski definition) is 0. The third kappa shape index (κ3) is 2.44. The molecule has 0 amide bonds. The molecule has 1 aromatic rings. The first kappa shape index (κ1) is 12.8. The van der Waals surface area contributed by atoms with Crippen molar-refractivity contribution in [3.63, 3.8) is 0 Å². The van der Waals surface area contributed by atoms with E-state index >= 15 is 0 Å². The quantitative estimate of drug-likeness (QED) is 0.698. The summed E-state index contributed by atoms with van der Waals surface area (Å²) >= 11 is 6.73. The Labute approximate surface area is 109 Å². The van der Waals surface area contributed by atoms with E-state index in [-0.39, 0.29) is 10.8 Å². The zero-order chi connectivity index (χ0) is 12.5.